The molecule has 2 aromatic carbocycles. The van der Waals surface area contributed by atoms with E-state index in [-0.39, 0.29) is 11.5 Å². The molecule has 4 N–H and O–H groups in total. The second-order valence-corrected chi connectivity index (χ2v) is 12.6. The number of aromatic amines is 2. The Kier molecular flexibility index (Phi) is 7.85. The first-order valence-corrected chi connectivity index (χ1v) is 15.6. The van der Waals surface area contributed by atoms with E-state index in [4.69, 9.17) is 14.5 Å². The summed E-state index contributed by atoms with van der Waals surface area (Å²) in [6.07, 6.45) is 3.42. The SMILES string of the molecule is COc1nc2c(-c3cc4c(C(NC(CO)c5ccccc5)S(=O)(=O)c5ccc(C)cc5)ccnc4[nH]3)c[nH]c2c(C)c1OC. The van der Waals surface area contributed by atoms with Gasteiger partial charge in [0, 0.05) is 28.9 Å². The highest BCUT2D eigenvalue weighted by atomic mass is 32.2. The molecule has 226 valence electrons. The number of methoxy groups -OCH3 is 2. The molecule has 6 aromatic rings. The van der Waals surface area contributed by atoms with Crippen LogP contribution >= 0.6 is 0 Å². The van der Waals surface area contributed by atoms with E-state index in [9.17, 15) is 13.5 Å². The lowest BCUT2D eigenvalue weighted by molar-refractivity contribution is 0.241. The maximum Gasteiger partial charge on any atom is 0.257 e. The molecule has 10 nitrogen and oxygen atoms in total. The molecule has 11 heteroatoms. The zero-order valence-electron chi connectivity index (χ0n) is 24.8. The summed E-state index contributed by atoms with van der Waals surface area (Å²) in [4.78, 5) is 16.1. The Hall–Kier alpha value is -4.71. The van der Waals surface area contributed by atoms with Gasteiger partial charge in [0.2, 0.25) is 0 Å². The summed E-state index contributed by atoms with van der Waals surface area (Å²) in [7, 11) is -0.879. The number of hydrogen-bond acceptors (Lipinski definition) is 8. The predicted octanol–water partition coefficient (Wildman–Crippen LogP) is 5.54. The van der Waals surface area contributed by atoms with Crippen molar-refractivity contribution in [2.45, 2.75) is 30.2 Å². The van der Waals surface area contributed by atoms with Crippen LogP contribution in [0.25, 0.3) is 33.3 Å². The quantitative estimate of drug-likeness (QED) is 0.158. The lowest BCUT2D eigenvalue weighted by Crippen LogP contribution is -2.34. The Labute approximate surface area is 255 Å². The number of sulfone groups is 1. The van der Waals surface area contributed by atoms with Crippen LogP contribution in [0.1, 0.15) is 33.7 Å². The van der Waals surface area contributed by atoms with Crippen LogP contribution in [0.2, 0.25) is 0 Å². The van der Waals surface area contributed by atoms with Gasteiger partial charge < -0.3 is 24.5 Å². The number of aryl methyl sites for hydroxylation is 2. The number of hydrogen-bond donors (Lipinski definition) is 4. The minimum Gasteiger partial charge on any atom is -0.491 e. The molecule has 0 aliphatic heterocycles. The van der Waals surface area contributed by atoms with Gasteiger partial charge in [0.25, 0.3) is 5.88 Å². The standard InChI is InChI=1S/C33H33N5O5S/c1-19-10-12-22(13-11-19)44(40,41)33(37-27(18-39)21-8-6-5-7-9-21)23-14-15-34-31-24(23)16-26(36-31)25-17-35-28-20(2)30(42-3)32(43-4)38-29(25)28/h5-17,27,33,35,37,39H,18H2,1-4H3,(H,34,36). The number of nitrogens with zero attached hydrogens (tertiary/aromatic N) is 2. The van der Waals surface area contributed by atoms with E-state index in [1.165, 1.54) is 7.11 Å². The maximum absolute atomic E-state index is 14.3. The molecule has 0 saturated carbocycles. The highest BCUT2D eigenvalue weighted by molar-refractivity contribution is 7.91. The topological polar surface area (TPSA) is 142 Å². The lowest BCUT2D eigenvalue weighted by Gasteiger charge is -2.26. The van der Waals surface area contributed by atoms with Crippen LogP contribution in [0.15, 0.2) is 84.0 Å². The maximum atomic E-state index is 14.3. The molecule has 0 saturated heterocycles. The van der Waals surface area contributed by atoms with E-state index in [1.807, 2.05) is 56.4 Å². The fraction of sp³-hybridized carbons (Fsp3) is 0.212. The van der Waals surface area contributed by atoms with Crippen molar-refractivity contribution in [3.63, 3.8) is 0 Å². The molecule has 0 radical (unpaired) electrons. The zero-order chi connectivity index (χ0) is 31.0. The van der Waals surface area contributed by atoms with Gasteiger partial charge in [-0.05, 0) is 49.2 Å². The third kappa shape index (κ3) is 5.08. The minimum absolute atomic E-state index is 0.170. The number of fused-ring (bicyclic) bond motifs is 2. The number of ether oxygens (including phenoxy) is 2. The molecule has 0 bridgehead atoms. The van der Waals surface area contributed by atoms with Crippen molar-refractivity contribution in [2.24, 2.45) is 0 Å². The monoisotopic (exact) mass is 611 g/mol. The smallest absolute Gasteiger partial charge is 0.257 e. The number of benzene rings is 2. The van der Waals surface area contributed by atoms with Crippen molar-refractivity contribution in [3.05, 3.63) is 101 Å². The Morgan fingerprint density at radius 3 is 2.43 bits per heavy atom. The van der Waals surface area contributed by atoms with Gasteiger partial charge in [-0.3, -0.25) is 5.32 Å². The average molecular weight is 612 g/mol. The van der Waals surface area contributed by atoms with E-state index in [2.05, 4.69) is 20.3 Å². The molecule has 44 heavy (non-hydrogen) atoms. The third-order valence-corrected chi connectivity index (χ3v) is 9.85. The molecule has 2 unspecified atom stereocenters. The van der Waals surface area contributed by atoms with Crippen molar-refractivity contribution in [1.82, 2.24) is 25.3 Å². The highest BCUT2D eigenvalue weighted by Gasteiger charge is 2.33. The van der Waals surface area contributed by atoms with Crippen molar-refractivity contribution in [1.29, 1.82) is 0 Å². The van der Waals surface area contributed by atoms with Gasteiger partial charge in [0.1, 0.15) is 16.5 Å². The Balaban J connectivity index is 1.52. The largest absolute Gasteiger partial charge is 0.491 e. The van der Waals surface area contributed by atoms with Gasteiger partial charge >= 0.3 is 0 Å². The van der Waals surface area contributed by atoms with Crippen LogP contribution in [0.4, 0.5) is 0 Å². The van der Waals surface area contributed by atoms with Crippen molar-refractivity contribution >= 4 is 31.9 Å². The van der Waals surface area contributed by atoms with Gasteiger partial charge in [-0.2, -0.15) is 0 Å². The number of nitrogens with one attached hydrogen (secondary N) is 3. The number of H-pyrrole nitrogens is 2. The first kappa shape index (κ1) is 29.4. The molecular formula is C33H33N5O5S. The number of aliphatic hydroxyl groups is 1. The van der Waals surface area contributed by atoms with Crippen molar-refractivity contribution < 1.29 is 23.0 Å². The highest BCUT2D eigenvalue weighted by Crippen LogP contribution is 2.40. The molecular weight excluding hydrogens is 578 g/mol. The van der Waals surface area contributed by atoms with E-state index in [0.29, 0.717) is 39.4 Å². The van der Waals surface area contributed by atoms with Crippen LogP contribution in [-0.2, 0) is 9.84 Å². The summed E-state index contributed by atoms with van der Waals surface area (Å²) in [6.45, 7) is 3.53. The second-order valence-electron chi connectivity index (χ2n) is 10.6. The Morgan fingerprint density at radius 1 is 1.00 bits per heavy atom. The molecule has 4 heterocycles. The van der Waals surface area contributed by atoms with E-state index in [1.54, 1.807) is 43.6 Å². The summed E-state index contributed by atoms with van der Waals surface area (Å²) in [5, 5.41) is 13.1. The molecule has 4 aromatic heterocycles. The molecule has 6 rings (SSSR count). The second kappa shape index (κ2) is 11.8. The Bertz CT molecular complexity index is 2050. The molecule has 0 fully saturated rings. The van der Waals surface area contributed by atoms with Crippen LogP contribution in [0.3, 0.4) is 0 Å². The first-order chi connectivity index (χ1) is 21.3. The summed E-state index contributed by atoms with van der Waals surface area (Å²) in [6, 6.07) is 19.0. The summed E-state index contributed by atoms with van der Waals surface area (Å²) < 4.78 is 39.7. The number of aliphatic hydroxyl groups excluding tert-OH is 1. The van der Waals surface area contributed by atoms with Crippen molar-refractivity contribution in [3.8, 4) is 22.9 Å². The van der Waals surface area contributed by atoms with Gasteiger partial charge in [-0.25, -0.2) is 18.4 Å². The van der Waals surface area contributed by atoms with Gasteiger partial charge in [-0.1, -0.05) is 48.0 Å². The fourth-order valence-electron chi connectivity index (χ4n) is 5.58. The van der Waals surface area contributed by atoms with Gasteiger partial charge in [-0.15, -0.1) is 0 Å². The zero-order valence-corrected chi connectivity index (χ0v) is 25.6. The molecule has 0 spiro atoms. The van der Waals surface area contributed by atoms with Crippen LogP contribution in [0, 0.1) is 13.8 Å². The average Bonchev–Trinajstić information content (AvgIpc) is 3.67. The van der Waals surface area contributed by atoms with Crippen molar-refractivity contribution in [2.75, 3.05) is 20.8 Å². The van der Waals surface area contributed by atoms with Crippen LogP contribution < -0.4 is 14.8 Å². The summed E-state index contributed by atoms with van der Waals surface area (Å²) in [5.41, 5.74) is 6.48. The first-order valence-electron chi connectivity index (χ1n) is 14.1. The number of aromatic nitrogens is 4. The van der Waals surface area contributed by atoms with Gasteiger partial charge in [0.15, 0.2) is 15.6 Å². The predicted molar refractivity (Wildman–Crippen MR) is 170 cm³/mol. The van der Waals surface area contributed by atoms with Crippen LogP contribution in [-0.4, -0.2) is 54.3 Å². The molecule has 0 aliphatic rings. The molecule has 0 aliphatic carbocycles. The van der Waals surface area contributed by atoms with Gasteiger partial charge in [0.05, 0.1) is 43.0 Å². The van der Waals surface area contributed by atoms with E-state index < -0.39 is 21.3 Å². The molecule has 0 amide bonds. The normalized spacial score (nSPS) is 13.3. The minimum atomic E-state index is -3.99. The summed E-state index contributed by atoms with van der Waals surface area (Å²) >= 11 is 0. The number of rotatable bonds is 10. The summed E-state index contributed by atoms with van der Waals surface area (Å²) in [5.74, 6) is 0.902. The fourth-order valence-corrected chi connectivity index (χ4v) is 7.25. The Morgan fingerprint density at radius 2 is 1.75 bits per heavy atom. The van der Waals surface area contributed by atoms with E-state index >= 15 is 0 Å². The van der Waals surface area contributed by atoms with Crippen LogP contribution in [0.5, 0.6) is 11.6 Å². The molecule has 2 atom stereocenters. The number of pyridine rings is 2. The van der Waals surface area contributed by atoms with E-state index in [0.717, 1.165) is 27.8 Å². The lowest BCUT2D eigenvalue weighted by atomic mass is 10.1. The third-order valence-electron chi connectivity index (χ3n) is 7.91.